The molecule has 0 atom stereocenters. The number of nitrogens with zero attached hydrogens (tertiary/aromatic N) is 3. The Labute approximate surface area is 164 Å². The van der Waals surface area contributed by atoms with Crippen molar-refractivity contribution in [3.05, 3.63) is 29.6 Å². The summed E-state index contributed by atoms with van der Waals surface area (Å²) in [6.07, 6.45) is 0.910. The predicted molar refractivity (Wildman–Crippen MR) is 103 cm³/mol. The van der Waals surface area contributed by atoms with E-state index in [4.69, 9.17) is 5.14 Å². The van der Waals surface area contributed by atoms with E-state index in [2.05, 4.69) is 0 Å². The lowest BCUT2D eigenvalue weighted by molar-refractivity contribution is -0.137. The highest BCUT2D eigenvalue weighted by atomic mass is 32.2. The Bertz CT molecular complexity index is 860. The van der Waals surface area contributed by atoms with Gasteiger partial charge in [-0.3, -0.25) is 9.59 Å². The van der Waals surface area contributed by atoms with Crippen molar-refractivity contribution in [3.8, 4) is 0 Å². The van der Waals surface area contributed by atoms with Crippen LogP contribution in [-0.2, 0) is 15.0 Å². The highest BCUT2D eigenvalue weighted by Gasteiger charge is 2.33. The Morgan fingerprint density at radius 1 is 1.07 bits per heavy atom. The number of hydrogen-bond acceptors (Lipinski definition) is 5. The number of amides is 1. The topological polar surface area (TPSA) is 104 Å². The molecule has 10 heteroatoms. The molecule has 2 N–H and O–H groups in total. The van der Waals surface area contributed by atoms with Gasteiger partial charge in [0, 0.05) is 50.7 Å². The Hall–Kier alpha value is -2.04. The van der Waals surface area contributed by atoms with Gasteiger partial charge in [-0.15, -0.1) is 0 Å². The van der Waals surface area contributed by atoms with Gasteiger partial charge in [0.25, 0.3) is 10.2 Å². The van der Waals surface area contributed by atoms with Gasteiger partial charge in [-0.05, 0) is 38.0 Å². The SMILES string of the molecule is CC(=O)c1ccc(N2CCN(C(=O)C3CCN(S(N)(=O)=O)CC3)CC2)c(F)c1. The largest absolute Gasteiger partial charge is 0.366 e. The number of rotatable bonds is 4. The molecule has 2 heterocycles. The summed E-state index contributed by atoms with van der Waals surface area (Å²) in [5.41, 5.74) is 0.763. The zero-order valence-electron chi connectivity index (χ0n) is 15.8. The van der Waals surface area contributed by atoms with Gasteiger partial charge in [-0.1, -0.05) is 0 Å². The fourth-order valence-electron chi connectivity index (χ4n) is 3.77. The van der Waals surface area contributed by atoms with Crippen LogP contribution in [0.15, 0.2) is 18.2 Å². The zero-order valence-corrected chi connectivity index (χ0v) is 16.6. The van der Waals surface area contributed by atoms with Crippen LogP contribution in [-0.4, -0.2) is 68.6 Å². The molecule has 28 heavy (non-hydrogen) atoms. The van der Waals surface area contributed by atoms with E-state index < -0.39 is 16.0 Å². The third-order valence-corrected chi connectivity index (χ3v) is 6.53. The van der Waals surface area contributed by atoms with E-state index in [1.165, 1.54) is 17.3 Å². The van der Waals surface area contributed by atoms with Crippen molar-refractivity contribution in [1.82, 2.24) is 9.21 Å². The minimum atomic E-state index is -3.71. The average molecular weight is 412 g/mol. The number of carbonyl (C=O) groups excluding carboxylic acids is 2. The molecular weight excluding hydrogens is 387 g/mol. The van der Waals surface area contributed by atoms with Crippen molar-refractivity contribution < 1.29 is 22.4 Å². The molecule has 0 aromatic heterocycles. The monoisotopic (exact) mass is 412 g/mol. The van der Waals surface area contributed by atoms with Crippen molar-refractivity contribution in [2.75, 3.05) is 44.2 Å². The van der Waals surface area contributed by atoms with Gasteiger partial charge in [0.1, 0.15) is 5.82 Å². The minimum absolute atomic E-state index is 0.0149. The maximum Gasteiger partial charge on any atom is 0.276 e. The quantitative estimate of drug-likeness (QED) is 0.729. The number of anilines is 1. The van der Waals surface area contributed by atoms with Crippen LogP contribution in [0.5, 0.6) is 0 Å². The highest BCUT2D eigenvalue weighted by molar-refractivity contribution is 7.86. The van der Waals surface area contributed by atoms with Gasteiger partial charge in [-0.2, -0.15) is 12.7 Å². The second kappa shape index (κ2) is 8.14. The summed E-state index contributed by atoms with van der Waals surface area (Å²) in [4.78, 5) is 27.7. The molecule has 1 aromatic rings. The van der Waals surface area contributed by atoms with E-state index in [1.54, 1.807) is 17.0 Å². The number of halogens is 1. The standard InChI is InChI=1S/C18H25FN4O4S/c1-13(24)15-2-3-17(16(19)12-15)21-8-10-22(11-9-21)18(25)14-4-6-23(7-5-14)28(20,26)27/h2-3,12,14H,4-11H2,1H3,(H2,20,26,27). The van der Waals surface area contributed by atoms with E-state index >= 15 is 0 Å². The average Bonchev–Trinajstić information content (AvgIpc) is 2.67. The normalized spacial score (nSPS) is 19.7. The summed E-state index contributed by atoms with van der Waals surface area (Å²) in [6, 6.07) is 4.46. The fraction of sp³-hybridized carbons (Fsp3) is 0.556. The maximum absolute atomic E-state index is 14.3. The lowest BCUT2D eigenvalue weighted by Gasteiger charge is -2.39. The number of carbonyl (C=O) groups is 2. The minimum Gasteiger partial charge on any atom is -0.366 e. The number of piperazine rings is 1. The second-order valence-corrected chi connectivity index (χ2v) is 8.80. The van der Waals surface area contributed by atoms with Crippen LogP contribution in [0.25, 0.3) is 0 Å². The number of ketones is 1. The maximum atomic E-state index is 14.3. The molecule has 0 radical (unpaired) electrons. The zero-order chi connectivity index (χ0) is 20.5. The molecule has 0 aliphatic carbocycles. The predicted octanol–water partition coefficient (Wildman–Crippen LogP) is 0.592. The van der Waals surface area contributed by atoms with Crippen LogP contribution in [0.3, 0.4) is 0 Å². The molecule has 2 aliphatic rings. The molecule has 0 spiro atoms. The molecule has 8 nitrogen and oxygen atoms in total. The Morgan fingerprint density at radius 2 is 1.68 bits per heavy atom. The summed E-state index contributed by atoms with van der Waals surface area (Å²) < 4.78 is 38.3. The van der Waals surface area contributed by atoms with Gasteiger partial charge in [-0.25, -0.2) is 9.53 Å². The fourth-order valence-corrected chi connectivity index (χ4v) is 4.49. The third-order valence-electron chi connectivity index (χ3n) is 5.45. The summed E-state index contributed by atoms with van der Waals surface area (Å²) >= 11 is 0. The van der Waals surface area contributed by atoms with Crippen molar-refractivity contribution in [2.24, 2.45) is 11.1 Å². The van der Waals surface area contributed by atoms with E-state index in [9.17, 15) is 22.4 Å². The highest BCUT2D eigenvalue weighted by Crippen LogP contribution is 2.25. The molecule has 3 rings (SSSR count). The first-order valence-electron chi connectivity index (χ1n) is 9.29. The van der Waals surface area contributed by atoms with Gasteiger partial charge in [0.05, 0.1) is 5.69 Å². The third kappa shape index (κ3) is 4.50. The van der Waals surface area contributed by atoms with Crippen molar-refractivity contribution in [2.45, 2.75) is 19.8 Å². The Kier molecular flexibility index (Phi) is 6.01. The van der Waals surface area contributed by atoms with E-state index in [0.717, 1.165) is 0 Å². The first-order valence-corrected chi connectivity index (χ1v) is 10.8. The first kappa shape index (κ1) is 20.7. The molecule has 1 amide bonds. The molecule has 0 unspecified atom stereocenters. The van der Waals surface area contributed by atoms with Gasteiger partial charge in [0.2, 0.25) is 5.91 Å². The van der Waals surface area contributed by atoms with Crippen LogP contribution in [0.1, 0.15) is 30.1 Å². The van der Waals surface area contributed by atoms with Crippen LogP contribution >= 0.6 is 0 Å². The van der Waals surface area contributed by atoms with Crippen molar-refractivity contribution >= 4 is 27.6 Å². The lowest BCUT2D eigenvalue weighted by atomic mass is 9.96. The summed E-state index contributed by atoms with van der Waals surface area (Å²) in [6.45, 7) is 3.85. The van der Waals surface area contributed by atoms with E-state index in [1.807, 2.05) is 4.90 Å². The Morgan fingerprint density at radius 3 is 2.18 bits per heavy atom. The molecule has 2 fully saturated rings. The molecule has 2 aliphatic heterocycles. The van der Waals surface area contributed by atoms with E-state index in [0.29, 0.717) is 50.3 Å². The van der Waals surface area contributed by atoms with Crippen LogP contribution < -0.4 is 10.0 Å². The number of Topliss-reactive ketones (excluding diaryl/α,β-unsaturated/α-hetero) is 1. The number of nitrogens with two attached hydrogens (primary N) is 1. The van der Waals surface area contributed by atoms with Crippen LogP contribution in [0.4, 0.5) is 10.1 Å². The summed E-state index contributed by atoms with van der Waals surface area (Å²) in [5, 5.41) is 5.13. The lowest BCUT2D eigenvalue weighted by Crippen LogP contribution is -2.52. The van der Waals surface area contributed by atoms with Gasteiger partial charge in [0.15, 0.2) is 5.78 Å². The first-order chi connectivity index (χ1) is 13.2. The molecule has 154 valence electrons. The smallest absolute Gasteiger partial charge is 0.276 e. The summed E-state index contributed by atoms with van der Waals surface area (Å²) in [7, 11) is -3.71. The van der Waals surface area contributed by atoms with Crippen molar-refractivity contribution in [1.29, 1.82) is 0 Å². The number of hydrogen-bond donors (Lipinski definition) is 1. The van der Waals surface area contributed by atoms with E-state index in [-0.39, 0.29) is 30.7 Å². The summed E-state index contributed by atoms with van der Waals surface area (Å²) in [5.74, 6) is -0.825. The van der Waals surface area contributed by atoms with Crippen LogP contribution in [0, 0.1) is 11.7 Å². The molecule has 0 bridgehead atoms. The van der Waals surface area contributed by atoms with Gasteiger partial charge >= 0.3 is 0 Å². The number of piperidine rings is 1. The van der Waals surface area contributed by atoms with Gasteiger partial charge < -0.3 is 9.80 Å². The van der Waals surface area contributed by atoms with Crippen molar-refractivity contribution in [3.63, 3.8) is 0 Å². The molecule has 0 saturated carbocycles. The molecule has 2 saturated heterocycles. The Balaban J connectivity index is 1.56. The number of benzene rings is 1. The second-order valence-electron chi connectivity index (χ2n) is 7.25. The molecule has 1 aromatic carbocycles. The van der Waals surface area contributed by atoms with Crippen LogP contribution in [0.2, 0.25) is 0 Å². The molecular formula is C18H25FN4O4S.